The Balaban J connectivity index is 0.00000114. The largest absolute Gasteiger partial charge is 0.508 e. The molecule has 46 heavy (non-hydrogen) atoms. The van der Waals surface area contributed by atoms with Crippen molar-refractivity contribution in [3.63, 3.8) is 0 Å². The lowest BCUT2D eigenvalue weighted by Crippen LogP contribution is -2.64. The van der Waals surface area contributed by atoms with E-state index in [1.165, 1.54) is 23.7 Å². The third-order valence-corrected chi connectivity index (χ3v) is 8.04. The van der Waals surface area contributed by atoms with Gasteiger partial charge in [0.15, 0.2) is 0 Å². The molecule has 1 saturated heterocycles. The Morgan fingerprint density at radius 3 is 2.11 bits per heavy atom. The van der Waals surface area contributed by atoms with Crippen molar-refractivity contribution in [3.05, 3.63) is 108 Å². The van der Waals surface area contributed by atoms with Gasteiger partial charge in [0, 0.05) is 50.9 Å². The number of phenols is 1. The molecule has 0 saturated carbocycles. The average Bonchev–Trinajstić information content (AvgIpc) is 3.04. The third kappa shape index (κ3) is 10.9. The van der Waals surface area contributed by atoms with Crippen LogP contribution in [0.2, 0.25) is 0 Å². The number of nitrogens with two attached hydrogens (primary N) is 1. The first-order chi connectivity index (χ1) is 21.9. The highest BCUT2D eigenvalue weighted by atomic mass is 16.3. The van der Waals surface area contributed by atoms with Crippen LogP contribution in [-0.2, 0) is 29.1 Å². The summed E-state index contributed by atoms with van der Waals surface area (Å²) in [6.07, 6.45) is 0.938. The highest BCUT2D eigenvalue weighted by Gasteiger charge is 2.41. The fourth-order valence-corrected chi connectivity index (χ4v) is 5.46. The van der Waals surface area contributed by atoms with E-state index in [-0.39, 0.29) is 29.8 Å². The van der Waals surface area contributed by atoms with Crippen molar-refractivity contribution >= 4 is 17.5 Å². The number of aromatic hydroxyl groups is 1. The number of carbonyl (C=O) groups is 2. The van der Waals surface area contributed by atoms with Gasteiger partial charge in [-0.15, -0.1) is 0 Å². The number of nitrogens with zero attached hydrogens (tertiary/aromatic N) is 4. The molecule has 2 amide bonds. The summed E-state index contributed by atoms with van der Waals surface area (Å²) in [5, 5.41) is 9.85. The number of carbonyl (C=O) groups excluding carboxylic acids is 2. The van der Waals surface area contributed by atoms with Crippen LogP contribution in [0.15, 0.2) is 91.1 Å². The van der Waals surface area contributed by atoms with E-state index in [2.05, 4.69) is 108 Å². The molecule has 1 unspecified atom stereocenters. The molecule has 8 nitrogen and oxygen atoms in total. The zero-order valence-electron chi connectivity index (χ0n) is 29.1. The van der Waals surface area contributed by atoms with Crippen LogP contribution < -0.4 is 10.6 Å². The van der Waals surface area contributed by atoms with E-state index in [1.54, 1.807) is 12.1 Å². The van der Waals surface area contributed by atoms with Crippen LogP contribution in [0.25, 0.3) is 0 Å². The number of piperazine rings is 1. The SMILES string of the molecule is C=C1[C@H](Cc2ccc(O)cc2)N(C(=O)CC)C(N(C)Cc2ccccc2)CN1Cc1cccc(N(C)C(C)C)c1.CC.CC(N)=O. The molecule has 0 aromatic heterocycles. The normalized spacial score (nSPS) is 15.9. The predicted octanol–water partition coefficient (Wildman–Crippen LogP) is 6.39. The van der Waals surface area contributed by atoms with Gasteiger partial charge in [0.2, 0.25) is 11.8 Å². The summed E-state index contributed by atoms with van der Waals surface area (Å²) in [6, 6.07) is 26.6. The lowest BCUT2D eigenvalue weighted by molar-refractivity contribution is -0.144. The predicted molar refractivity (Wildman–Crippen MR) is 190 cm³/mol. The van der Waals surface area contributed by atoms with Gasteiger partial charge in [-0.25, -0.2) is 0 Å². The summed E-state index contributed by atoms with van der Waals surface area (Å²) in [4.78, 5) is 31.8. The summed E-state index contributed by atoms with van der Waals surface area (Å²) in [6.45, 7) is 18.3. The second-order valence-electron chi connectivity index (χ2n) is 11.8. The average molecular weight is 630 g/mol. The highest BCUT2D eigenvalue weighted by Crippen LogP contribution is 2.31. The summed E-state index contributed by atoms with van der Waals surface area (Å²) in [5.41, 5.74) is 10.1. The minimum Gasteiger partial charge on any atom is -0.508 e. The number of phenolic OH excluding ortho intramolecular Hbond substituents is 1. The molecule has 0 bridgehead atoms. The first-order valence-corrected chi connectivity index (χ1v) is 16.3. The first-order valence-electron chi connectivity index (χ1n) is 16.3. The number of anilines is 1. The van der Waals surface area contributed by atoms with Crippen LogP contribution in [0, 0.1) is 0 Å². The molecule has 0 radical (unpaired) electrons. The smallest absolute Gasteiger partial charge is 0.224 e. The van der Waals surface area contributed by atoms with Crippen LogP contribution in [-0.4, -0.2) is 70.5 Å². The summed E-state index contributed by atoms with van der Waals surface area (Å²) >= 11 is 0. The number of primary amides is 1. The van der Waals surface area contributed by atoms with Gasteiger partial charge < -0.3 is 25.5 Å². The van der Waals surface area contributed by atoms with E-state index in [1.807, 2.05) is 39.0 Å². The fraction of sp³-hybridized carbons (Fsp3) is 0.421. The fourth-order valence-electron chi connectivity index (χ4n) is 5.46. The van der Waals surface area contributed by atoms with Crippen LogP contribution >= 0.6 is 0 Å². The van der Waals surface area contributed by atoms with Gasteiger partial charge in [-0.3, -0.25) is 14.5 Å². The molecular formula is C38H55N5O3. The van der Waals surface area contributed by atoms with Crippen molar-refractivity contribution in [3.8, 4) is 5.75 Å². The molecule has 8 heteroatoms. The minimum atomic E-state index is -0.333. The Bertz CT molecular complexity index is 1370. The Hall–Kier alpha value is -4.30. The molecule has 1 heterocycles. The van der Waals surface area contributed by atoms with Gasteiger partial charge in [-0.1, -0.05) is 81.9 Å². The van der Waals surface area contributed by atoms with E-state index in [9.17, 15) is 14.7 Å². The molecule has 1 fully saturated rings. The quantitative estimate of drug-likeness (QED) is 0.270. The maximum Gasteiger partial charge on any atom is 0.224 e. The van der Waals surface area contributed by atoms with Gasteiger partial charge >= 0.3 is 0 Å². The molecule has 1 aliphatic heterocycles. The second kappa shape index (κ2) is 18.6. The van der Waals surface area contributed by atoms with E-state index < -0.39 is 0 Å². The van der Waals surface area contributed by atoms with Gasteiger partial charge in [0.05, 0.1) is 12.6 Å². The minimum absolute atomic E-state index is 0.120. The number of amides is 2. The third-order valence-electron chi connectivity index (χ3n) is 8.04. The van der Waals surface area contributed by atoms with Crippen molar-refractivity contribution in [1.82, 2.24) is 14.7 Å². The van der Waals surface area contributed by atoms with Gasteiger partial charge in [-0.2, -0.15) is 0 Å². The van der Waals surface area contributed by atoms with E-state index in [0.717, 1.165) is 17.8 Å². The molecule has 4 rings (SSSR count). The van der Waals surface area contributed by atoms with Crippen molar-refractivity contribution in [2.75, 3.05) is 25.5 Å². The zero-order valence-corrected chi connectivity index (χ0v) is 29.1. The van der Waals surface area contributed by atoms with Crippen molar-refractivity contribution < 1.29 is 14.7 Å². The molecule has 0 aliphatic carbocycles. The topological polar surface area (TPSA) is 93.3 Å². The Labute approximate surface area is 277 Å². The van der Waals surface area contributed by atoms with Gasteiger partial charge in [-0.05, 0) is 68.3 Å². The zero-order chi connectivity index (χ0) is 34.4. The standard InChI is InChI=1S/C34H44N4O2.C2H5NO.C2H6/c1-7-34(40)38-32(21-27-16-18-31(39)19-17-27)26(4)37(23-29-14-11-15-30(20-29)36(6)25(2)3)24-33(38)35(5)22-28-12-9-8-10-13-28;1-2(3)4;1-2/h8-20,25,32-33,39H,4,7,21-24H2,1-3,5-6H3;1H3,(H2,3,4);1-2H3/t32-,33?;;/m0../s1. The number of hydrogen-bond acceptors (Lipinski definition) is 6. The maximum atomic E-state index is 13.6. The van der Waals surface area contributed by atoms with E-state index in [0.29, 0.717) is 32.0 Å². The number of benzene rings is 3. The highest BCUT2D eigenvalue weighted by molar-refractivity contribution is 5.77. The number of hydrogen-bond donors (Lipinski definition) is 2. The Kier molecular flexibility index (Phi) is 15.3. The van der Waals surface area contributed by atoms with Crippen molar-refractivity contribution in [1.29, 1.82) is 0 Å². The second-order valence-corrected chi connectivity index (χ2v) is 11.8. The maximum absolute atomic E-state index is 13.6. The molecule has 250 valence electrons. The molecule has 3 N–H and O–H groups in total. The lowest BCUT2D eigenvalue weighted by Gasteiger charge is -2.51. The van der Waals surface area contributed by atoms with Crippen LogP contribution in [0.5, 0.6) is 5.75 Å². The monoisotopic (exact) mass is 629 g/mol. The summed E-state index contributed by atoms with van der Waals surface area (Å²) in [7, 11) is 4.23. The van der Waals surface area contributed by atoms with Crippen molar-refractivity contribution in [2.45, 2.75) is 85.7 Å². The summed E-state index contributed by atoms with van der Waals surface area (Å²) < 4.78 is 0. The molecule has 0 spiro atoms. The molecule has 3 aromatic rings. The van der Waals surface area contributed by atoms with Crippen LogP contribution in [0.4, 0.5) is 5.69 Å². The Morgan fingerprint density at radius 2 is 1.54 bits per heavy atom. The van der Waals surface area contributed by atoms with Gasteiger partial charge in [0.25, 0.3) is 0 Å². The summed E-state index contributed by atoms with van der Waals surface area (Å²) in [5.74, 6) is 0.0242. The number of likely N-dealkylation sites (N-methyl/N-ethyl adjacent to an activating group) is 1. The molecule has 2 atom stereocenters. The lowest BCUT2D eigenvalue weighted by atomic mass is 9.96. The molecular weight excluding hydrogens is 574 g/mol. The van der Waals surface area contributed by atoms with Crippen molar-refractivity contribution in [2.24, 2.45) is 5.73 Å². The van der Waals surface area contributed by atoms with Gasteiger partial charge in [0.1, 0.15) is 11.9 Å². The number of rotatable bonds is 10. The van der Waals surface area contributed by atoms with E-state index in [4.69, 9.17) is 0 Å². The molecule has 3 aromatic carbocycles. The first kappa shape index (κ1) is 37.9. The molecule has 1 aliphatic rings. The van der Waals surface area contributed by atoms with Crippen LogP contribution in [0.1, 0.15) is 64.7 Å². The van der Waals surface area contributed by atoms with Crippen LogP contribution in [0.3, 0.4) is 0 Å². The van der Waals surface area contributed by atoms with E-state index >= 15 is 0 Å². The Morgan fingerprint density at radius 1 is 0.957 bits per heavy atom.